The Hall–Kier alpha value is -2.04. The second-order valence-corrected chi connectivity index (χ2v) is 7.34. The summed E-state index contributed by atoms with van der Waals surface area (Å²) in [5.74, 6) is -0.420. The summed E-state index contributed by atoms with van der Waals surface area (Å²) < 4.78 is 0. The number of amides is 2. The Morgan fingerprint density at radius 1 is 0.962 bits per heavy atom. The number of halogens is 2. The molecule has 26 heavy (non-hydrogen) atoms. The minimum absolute atomic E-state index is 0.205. The molecule has 1 aliphatic rings. The summed E-state index contributed by atoms with van der Waals surface area (Å²) in [6.07, 6.45) is 1.76. The summed E-state index contributed by atoms with van der Waals surface area (Å²) in [6.45, 7) is 0.850. The Kier molecular flexibility index (Phi) is 5.84. The van der Waals surface area contributed by atoms with Gasteiger partial charge < -0.3 is 10.6 Å². The van der Waals surface area contributed by atoms with E-state index in [1.165, 1.54) is 0 Å². The van der Waals surface area contributed by atoms with E-state index in [0.717, 1.165) is 11.1 Å². The Bertz CT molecular complexity index is 805. The highest BCUT2D eigenvalue weighted by molar-refractivity contribution is 6.35. The number of hydrogen-bond acceptors (Lipinski definition) is 2. The van der Waals surface area contributed by atoms with E-state index >= 15 is 0 Å². The molecule has 2 aromatic carbocycles. The number of hydrogen-bond donors (Lipinski definition) is 2. The van der Waals surface area contributed by atoms with Crippen LogP contribution in [0.5, 0.6) is 0 Å². The van der Waals surface area contributed by atoms with Crippen molar-refractivity contribution >= 4 is 35.0 Å². The van der Waals surface area contributed by atoms with Gasteiger partial charge in [-0.05, 0) is 42.5 Å². The monoisotopic (exact) mass is 390 g/mol. The first-order valence-electron chi connectivity index (χ1n) is 8.56. The first-order valence-corrected chi connectivity index (χ1v) is 9.31. The van der Waals surface area contributed by atoms with E-state index in [-0.39, 0.29) is 11.8 Å². The third-order valence-corrected chi connectivity index (χ3v) is 5.20. The van der Waals surface area contributed by atoms with Crippen LogP contribution in [0, 0.1) is 5.41 Å². The fourth-order valence-corrected chi connectivity index (χ4v) is 3.34. The number of benzene rings is 2. The van der Waals surface area contributed by atoms with Gasteiger partial charge in [0.25, 0.3) is 0 Å². The summed E-state index contributed by atoms with van der Waals surface area (Å²) in [7, 11) is 0. The maximum absolute atomic E-state index is 12.5. The van der Waals surface area contributed by atoms with E-state index in [1.807, 2.05) is 36.4 Å². The third kappa shape index (κ3) is 4.37. The molecule has 0 aliphatic heterocycles. The fourth-order valence-electron chi connectivity index (χ4n) is 2.83. The van der Waals surface area contributed by atoms with Gasteiger partial charge in [-0.25, -0.2) is 0 Å². The number of nitrogens with one attached hydrogen (secondary N) is 2. The molecule has 0 saturated heterocycles. The van der Waals surface area contributed by atoms with Crippen molar-refractivity contribution in [1.82, 2.24) is 10.6 Å². The summed E-state index contributed by atoms with van der Waals surface area (Å²) in [4.78, 5) is 24.9. The van der Waals surface area contributed by atoms with E-state index in [2.05, 4.69) is 10.6 Å². The first-order chi connectivity index (χ1) is 12.5. The van der Waals surface area contributed by atoms with E-state index in [0.29, 0.717) is 42.4 Å². The molecule has 0 spiro atoms. The Morgan fingerprint density at radius 3 is 2.31 bits per heavy atom. The van der Waals surface area contributed by atoms with Crippen LogP contribution in [0.25, 0.3) is 0 Å². The molecule has 2 N–H and O–H groups in total. The van der Waals surface area contributed by atoms with Gasteiger partial charge >= 0.3 is 0 Å². The molecule has 136 valence electrons. The van der Waals surface area contributed by atoms with Crippen molar-refractivity contribution in [3.63, 3.8) is 0 Å². The smallest absolute Gasteiger partial charge is 0.235 e. The largest absolute Gasteiger partial charge is 0.355 e. The van der Waals surface area contributed by atoms with Crippen molar-refractivity contribution in [1.29, 1.82) is 0 Å². The zero-order valence-electron chi connectivity index (χ0n) is 14.2. The van der Waals surface area contributed by atoms with Gasteiger partial charge in [0, 0.05) is 23.1 Å². The molecule has 1 fully saturated rings. The quantitative estimate of drug-likeness (QED) is 0.707. The molecule has 4 nitrogen and oxygen atoms in total. The summed E-state index contributed by atoms with van der Waals surface area (Å²) in [6, 6.07) is 14.9. The van der Waals surface area contributed by atoms with Crippen LogP contribution in [0.3, 0.4) is 0 Å². The minimum Gasteiger partial charge on any atom is -0.355 e. The molecule has 1 aliphatic carbocycles. The standard InChI is InChI=1S/C20H20Cl2N2O2/c21-16-7-6-15(17(22)12-16)8-11-23-18(25)20(9-10-20)19(26)24-13-14-4-2-1-3-5-14/h1-7,12H,8-11,13H2,(H,23,25)(H,24,26). The lowest BCUT2D eigenvalue weighted by Gasteiger charge is -2.15. The van der Waals surface area contributed by atoms with Gasteiger partial charge in [-0.2, -0.15) is 0 Å². The highest BCUT2D eigenvalue weighted by atomic mass is 35.5. The van der Waals surface area contributed by atoms with Crippen LogP contribution in [0.2, 0.25) is 10.0 Å². The van der Waals surface area contributed by atoms with Crippen LogP contribution >= 0.6 is 23.2 Å². The van der Waals surface area contributed by atoms with E-state index in [4.69, 9.17) is 23.2 Å². The topological polar surface area (TPSA) is 58.2 Å². The predicted octanol–water partition coefficient (Wildman–Crippen LogP) is 3.75. The molecule has 3 rings (SSSR count). The van der Waals surface area contributed by atoms with Gasteiger partial charge in [0.05, 0.1) is 0 Å². The number of carbonyl (C=O) groups excluding carboxylic acids is 2. The highest BCUT2D eigenvalue weighted by Gasteiger charge is 2.56. The van der Waals surface area contributed by atoms with Gasteiger partial charge in [0.15, 0.2) is 0 Å². The van der Waals surface area contributed by atoms with Crippen molar-refractivity contribution in [2.24, 2.45) is 5.41 Å². The number of rotatable bonds is 7. The molecule has 2 amide bonds. The van der Waals surface area contributed by atoms with E-state index in [1.54, 1.807) is 12.1 Å². The predicted molar refractivity (Wildman–Crippen MR) is 103 cm³/mol. The molecule has 2 aromatic rings. The maximum atomic E-state index is 12.5. The first kappa shape index (κ1) is 18.7. The van der Waals surface area contributed by atoms with Gasteiger partial charge in [0.2, 0.25) is 11.8 Å². The Morgan fingerprint density at radius 2 is 1.65 bits per heavy atom. The van der Waals surface area contributed by atoms with Gasteiger partial charge in [-0.1, -0.05) is 59.6 Å². The van der Waals surface area contributed by atoms with Crippen LogP contribution in [-0.2, 0) is 22.6 Å². The molecule has 0 atom stereocenters. The second kappa shape index (κ2) is 8.11. The Balaban J connectivity index is 1.49. The molecule has 6 heteroatoms. The minimum atomic E-state index is -0.918. The second-order valence-electron chi connectivity index (χ2n) is 6.49. The van der Waals surface area contributed by atoms with E-state index in [9.17, 15) is 9.59 Å². The van der Waals surface area contributed by atoms with Crippen molar-refractivity contribution in [2.45, 2.75) is 25.8 Å². The Labute approximate surface area is 162 Å². The van der Waals surface area contributed by atoms with Crippen LogP contribution in [-0.4, -0.2) is 18.4 Å². The van der Waals surface area contributed by atoms with Crippen LogP contribution in [0.1, 0.15) is 24.0 Å². The van der Waals surface area contributed by atoms with Crippen molar-refractivity contribution < 1.29 is 9.59 Å². The zero-order valence-corrected chi connectivity index (χ0v) is 15.7. The zero-order chi connectivity index (χ0) is 18.6. The summed E-state index contributed by atoms with van der Waals surface area (Å²) in [5, 5.41) is 6.89. The maximum Gasteiger partial charge on any atom is 0.235 e. The molecule has 0 unspecified atom stereocenters. The van der Waals surface area contributed by atoms with Crippen molar-refractivity contribution in [3.8, 4) is 0 Å². The van der Waals surface area contributed by atoms with E-state index < -0.39 is 5.41 Å². The lowest BCUT2D eigenvalue weighted by atomic mass is 10.0. The van der Waals surface area contributed by atoms with Gasteiger partial charge in [-0.3, -0.25) is 9.59 Å². The van der Waals surface area contributed by atoms with Crippen molar-refractivity contribution in [2.75, 3.05) is 6.54 Å². The van der Waals surface area contributed by atoms with Gasteiger partial charge in [0.1, 0.15) is 5.41 Å². The molecule has 0 heterocycles. The third-order valence-electron chi connectivity index (χ3n) is 4.61. The van der Waals surface area contributed by atoms with Crippen molar-refractivity contribution in [3.05, 3.63) is 69.7 Å². The molecular formula is C20H20Cl2N2O2. The average molecular weight is 391 g/mol. The van der Waals surface area contributed by atoms with Crippen LogP contribution in [0.15, 0.2) is 48.5 Å². The lowest BCUT2D eigenvalue weighted by molar-refractivity contribution is -0.137. The highest BCUT2D eigenvalue weighted by Crippen LogP contribution is 2.46. The normalized spacial score (nSPS) is 14.5. The average Bonchev–Trinajstić information content (AvgIpc) is 3.44. The summed E-state index contributed by atoms with van der Waals surface area (Å²) in [5.41, 5.74) is 1.00. The van der Waals surface area contributed by atoms with Gasteiger partial charge in [-0.15, -0.1) is 0 Å². The van der Waals surface area contributed by atoms with Crippen LogP contribution in [0.4, 0.5) is 0 Å². The molecule has 0 radical (unpaired) electrons. The van der Waals surface area contributed by atoms with Crippen LogP contribution < -0.4 is 10.6 Å². The molecule has 1 saturated carbocycles. The number of carbonyl (C=O) groups is 2. The fraction of sp³-hybridized carbons (Fsp3) is 0.300. The summed E-state index contributed by atoms with van der Waals surface area (Å²) >= 11 is 12.0. The lowest BCUT2D eigenvalue weighted by Crippen LogP contribution is -2.43. The SMILES string of the molecule is O=C(NCCc1ccc(Cl)cc1Cl)C1(C(=O)NCc2ccccc2)CC1. The molecule has 0 aromatic heterocycles. The molecule has 0 bridgehead atoms. The molecular weight excluding hydrogens is 371 g/mol.